The number of phenolic OH excluding ortho intramolecular Hbond substituents is 1. The Kier molecular flexibility index (Phi) is 7.01. The Morgan fingerprint density at radius 1 is 1.15 bits per heavy atom. The minimum atomic E-state index is -4.74. The molecule has 0 saturated heterocycles. The Morgan fingerprint density at radius 3 is 2.41 bits per heavy atom. The van der Waals surface area contributed by atoms with Gasteiger partial charge in [-0.25, -0.2) is 4.79 Å². The quantitative estimate of drug-likeness (QED) is 0.477. The molecule has 8 heteroatoms. The highest BCUT2D eigenvalue weighted by Crippen LogP contribution is 2.36. The van der Waals surface area contributed by atoms with Gasteiger partial charge in [0, 0.05) is 9.79 Å². The van der Waals surface area contributed by atoms with Gasteiger partial charge in [-0.05, 0) is 55.3 Å². The first-order valence-electron chi connectivity index (χ1n) is 8.24. The Labute approximate surface area is 159 Å². The van der Waals surface area contributed by atoms with E-state index in [0.717, 1.165) is 12.8 Å². The zero-order chi connectivity index (χ0) is 20.0. The van der Waals surface area contributed by atoms with E-state index < -0.39 is 12.3 Å². The maximum atomic E-state index is 12.2. The summed E-state index contributed by atoms with van der Waals surface area (Å²) in [6.45, 7) is 3.92. The third kappa shape index (κ3) is 6.09. The lowest BCUT2D eigenvalue weighted by Crippen LogP contribution is -2.16. The third-order valence-electron chi connectivity index (χ3n) is 3.61. The molecule has 0 fully saturated rings. The van der Waals surface area contributed by atoms with Gasteiger partial charge in [-0.15, -0.1) is 13.2 Å². The van der Waals surface area contributed by atoms with E-state index in [2.05, 4.69) is 4.74 Å². The van der Waals surface area contributed by atoms with Crippen molar-refractivity contribution in [1.82, 2.24) is 0 Å². The monoisotopic (exact) mass is 400 g/mol. The van der Waals surface area contributed by atoms with Gasteiger partial charge in [0.25, 0.3) is 0 Å². The van der Waals surface area contributed by atoms with Gasteiger partial charge in [0.15, 0.2) is 0 Å². The molecule has 27 heavy (non-hydrogen) atoms. The second kappa shape index (κ2) is 9.03. The number of rotatable bonds is 7. The van der Waals surface area contributed by atoms with Gasteiger partial charge in [0.2, 0.25) is 0 Å². The fraction of sp³-hybridized carbons (Fsp3) is 0.316. The predicted octanol–water partition coefficient (Wildman–Crippen LogP) is 5.71. The van der Waals surface area contributed by atoms with Crippen LogP contribution in [0.15, 0.2) is 46.2 Å². The number of carbonyl (C=O) groups is 1. The number of alkyl halides is 3. The normalized spacial score (nSPS) is 11.3. The summed E-state index contributed by atoms with van der Waals surface area (Å²) >= 11 is 1.25. The molecule has 0 amide bonds. The van der Waals surface area contributed by atoms with Gasteiger partial charge in [0.05, 0.1) is 6.61 Å². The Hall–Kier alpha value is -2.35. The smallest absolute Gasteiger partial charge is 0.507 e. The summed E-state index contributed by atoms with van der Waals surface area (Å²) < 4.78 is 45.7. The number of hydrogen-bond acceptors (Lipinski definition) is 5. The minimum Gasteiger partial charge on any atom is -0.507 e. The molecule has 4 nitrogen and oxygen atoms in total. The maximum Gasteiger partial charge on any atom is 0.573 e. The van der Waals surface area contributed by atoms with Crippen LogP contribution in [0.5, 0.6) is 11.5 Å². The van der Waals surface area contributed by atoms with Crippen molar-refractivity contribution in [3.05, 3.63) is 47.5 Å². The second-order valence-corrected chi connectivity index (χ2v) is 6.81. The van der Waals surface area contributed by atoms with Crippen LogP contribution in [0.4, 0.5) is 13.2 Å². The second-order valence-electron chi connectivity index (χ2n) is 5.69. The third-order valence-corrected chi connectivity index (χ3v) is 4.78. The van der Waals surface area contributed by atoms with E-state index >= 15 is 0 Å². The number of ether oxygens (including phenoxy) is 2. The lowest BCUT2D eigenvalue weighted by Gasteiger charge is -2.13. The SMILES string of the molecule is CCCCOC(=O)c1c(O)ccc(Sc2ccc(OC(F)(F)F)cc2)c1C. The molecule has 2 rings (SSSR count). The lowest BCUT2D eigenvalue weighted by atomic mass is 10.1. The molecule has 0 aliphatic heterocycles. The van der Waals surface area contributed by atoms with Crippen molar-refractivity contribution in [3.8, 4) is 11.5 Å². The predicted molar refractivity (Wildman–Crippen MR) is 95.3 cm³/mol. The van der Waals surface area contributed by atoms with E-state index in [9.17, 15) is 23.1 Å². The van der Waals surface area contributed by atoms with Gasteiger partial charge < -0.3 is 14.6 Å². The molecule has 0 radical (unpaired) electrons. The summed E-state index contributed by atoms with van der Waals surface area (Å²) in [6.07, 6.45) is -3.14. The Bertz CT molecular complexity index is 789. The van der Waals surface area contributed by atoms with Crippen LogP contribution < -0.4 is 4.74 Å². The largest absolute Gasteiger partial charge is 0.573 e. The number of unbranched alkanes of at least 4 members (excludes halogenated alkanes) is 1. The number of phenols is 1. The Balaban J connectivity index is 2.17. The minimum absolute atomic E-state index is 0.0909. The summed E-state index contributed by atoms with van der Waals surface area (Å²) in [6, 6.07) is 8.43. The summed E-state index contributed by atoms with van der Waals surface area (Å²) in [5, 5.41) is 10.0. The number of carbonyl (C=O) groups excluding carboxylic acids is 1. The van der Waals surface area contributed by atoms with Crippen molar-refractivity contribution >= 4 is 17.7 Å². The molecule has 0 aromatic heterocycles. The molecule has 0 aliphatic carbocycles. The molecule has 2 aromatic carbocycles. The molecule has 146 valence electrons. The van der Waals surface area contributed by atoms with Crippen LogP contribution in [0.3, 0.4) is 0 Å². The highest BCUT2D eigenvalue weighted by Gasteiger charge is 2.31. The van der Waals surface area contributed by atoms with Gasteiger partial charge in [-0.2, -0.15) is 0 Å². The maximum absolute atomic E-state index is 12.2. The summed E-state index contributed by atoms with van der Waals surface area (Å²) in [4.78, 5) is 13.6. The first-order valence-corrected chi connectivity index (χ1v) is 9.06. The molecular weight excluding hydrogens is 381 g/mol. The van der Waals surface area contributed by atoms with Crippen LogP contribution in [0, 0.1) is 6.92 Å². The number of benzene rings is 2. The number of esters is 1. The molecule has 0 aliphatic rings. The van der Waals surface area contributed by atoms with Crippen LogP contribution in [0.2, 0.25) is 0 Å². The summed E-state index contributed by atoms with van der Waals surface area (Å²) in [7, 11) is 0. The molecular formula is C19H19F3O4S. The first-order chi connectivity index (χ1) is 12.7. The molecule has 0 spiro atoms. The molecule has 0 bridgehead atoms. The molecule has 0 unspecified atom stereocenters. The average molecular weight is 400 g/mol. The van der Waals surface area contributed by atoms with Crippen LogP contribution in [0.1, 0.15) is 35.7 Å². The molecule has 0 atom stereocenters. The van der Waals surface area contributed by atoms with Gasteiger partial charge >= 0.3 is 12.3 Å². The first kappa shape index (κ1) is 21.0. The van der Waals surface area contributed by atoms with Gasteiger partial charge in [-0.1, -0.05) is 25.1 Å². The van der Waals surface area contributed by atoms with E-state index in [0.29, 0.717) is 15.4 Å². The topological polar surface area (TPSA) is 55.8 Å². The van der Waals surface area contributed by atoms with E-state index in [1.165, 1.54) is 42.1 Å². The van der Waals surface area contributed by atoms with Crippen molar-refractivity contribution in [1.29, 1.82) is 0 Å². The number of hydrogen-bond donors (Lipinski definition) is 1. The lowest BCUT2D eigenvalue weighted by molar-refractivity contribution is -0.274. The Morgan fingerprint density at radius 2 is 1.81 bits per heavy atom. The van der Waals surface area contributed by atoms with E-state index in [-0.39, 0.29) is 23.7 Å². The van der Waals surface area contributed by atoms with Crippen LogP contribution in [-0.2, 0) is 4.74 Å². The van der Waals surface area contributed by atoms with Crippen molar-refractivity contribution in [3.63, 3.8) is 0 Å². The fourth-order valence-electron chi connectivity index (χ4n) is 2.26. The van der Waals surface area contributed by atoms with E-state index in [1.54, 1.807) is 13.0 Å². The zero-order valence-corrected chi connectivity index (χ0v) is 15.6. The fourth-order valence-corrected chi connectivity index (χ4v) is 3.18. The summed E-state index contributed by atoms with van der Waals surface area (Å²) in [5.41, 5.74) is 0.630. The van der Waals surface area contributed by atoms with Crippen molar-refractivity contribution in [2.24, 2.45) is 0 Å². The summed E-state index contributed by atoms with van der Waals surface area (Å²) in [5.74, 6) is -1.09. The van der Waals surface area contributed by atoms with E-state index in [4.69, 9.17) is 4.74 Å². The molecule has 0 saturated carbocycles. The van der Waals surface area contributed by atoms with Crippen LogP contribution in [0.25, 0.3) is 0 Å². The van der Waals surface area contributed by atoms with Crippen molar-refractivity contribution in [2.75, 3.05) is 6.61 Å². The highest BCUT2D eigenvalue weighted by molar-refractivity contribution is 7.99. The molecule has 0 heterocycles. The van der Waals surface area contributed by atoms with Crippen LogP contribution >= 0.6 is 11.8 Å². The van der Waals surface area contributed by atoms with Crippen molar-refractivity contribution < 1.29 is 32.5 Å². The van der Waals surface area contributed by atoms with Crippen LogP contribution in [-0.4, -0.2) is 24.0 Å². The molecule has 2 aromatic rings. The number of aromatic hydroxyl groups is 1. The van der Waals surface area contributed by atoms with Gasteiger partial charge in [-0.3, -0.25) is 0 Å². The average Bonchev–Trinajstić information content (AvgIpc) is 2.58. The van der Waals surface area contributed by atoms with Crippen molar-refractivity contribution in [2.45, 2.75) is 42.8 Å². The highest BCUT2D eigenvalue weighted by atomic mass is 32.2. The van der Waals surface area contributed by atoms with Gasteiger partial charge in [0.1, 0.15) is 17.1 Å². The standard InChI is InChI=1S/C19H19F3O4S/c1-3-4-11-25-18(24)17-12(2)16(10-9-15(17)23)27-14-7-5-13(6-8-14)26-19(20,21)22/h5-10,23H,3-4,11H2,1-2H3. The number of halogens is 3. The molecule has 1 N–H and O–H groups in total. The zero-order valence-electron chi connectivity index (χ0n) is 14.8. The van der Waals surface area contributed by atoms with E-state index in [1.807, 2.05) is 6.92 Å².